The summed E-state index contributed by atoms with van der Waals surface area (Å²) in [7, 11) is 1.69. The minimum absolute atomic E-state index is 0.0391. The summed E-state index contributed by atoms with van der Waals surface area (Å²) in [6.07, 6.45) is 3.31. The SMILES string of the molecule is COc1cc(/C=C\c2ccc(F)c(OC)c2NS(=O)(=O)c2ccc(Cl)cc2)cc(OC)c1OC. The lowest BCUT2D eigenvalue weighted by Gasteiger charge is -2.16. The van der Waals surface area contributed by atoms with Gasteiger partial charge in [-0.1, -0.05) is 23.8 Å². The van der Waals surface area contributed by atoms with Crippen LogP contribution in [-0.4, -0.2) is 36.9 Å². The molecule has 0 aromatic heterocycles. The highest BCUT2D eigenvalue weighted by atomic mass is 35.5. The summed E-state index contributed by atoms with van der Waals surface area (Å²) >= 11 is 5.86. The zero-order valence-electron chi connectivity index (χ0n) is 18.9. The van der Waals surface area contributed by atoms with E-state index in [2.05, 4.69) is 4.72 Å². The van der Waals surface area contributed by atoms with Gasteiger partial charge in [0.1, 0.15) is 5.69 Å². The Balaban J connectivity index is 2.07. The highest BCUT2D eigenvalue weighted by Crippen LogP contribution is 2.39. The molecule has 3 aromatic carbocycles. The van der Waals surface area contributed by atoms with E-state index < -0.39 is 15.8 Å². The van der Waals surface area contributed by atoms with Crippen molar-refractivity contribution >= 4 is 39.5 Å². The third-order valence-corrected chi connectivity index (χ3v) is 6.47. The van der Waals surface area contributed by atoms with Gasteiger partial charge in [0.05, 0.1) is 33.3 Å². The highest BCUT2D eigenvalue weighted by molar-refractivity contribution is 7.92. The van der Waals surface area contributed by atoms with E-state index in [1.165, 1.54) is 64.8 Å². The van der Waals surface area contributed by atoms with Gasteiger partial charge in [0, 0.05) is 10.6 Å². The van der Waals surface area contributed by atoms with Gasteiger partial charge in [0.25, 0.3) is 10.0 Å². The number of hydrogen-bond donors (Lipinski definition) is 1. The van der Waals surface area contributed by atoms with E-state index >= 15 is 0 Å². The van der Waals surface area contributed by atoms with E-state index in [-0.39, 0.29) is 16.3 Å². The Morgan fingerprint density at radius 3 is 1.94 bits per heavy atom. The van der Waals surface area contributed by atoms with E-state index in [1.807, 2.05) is 0 Å². The number of ether oxygens (including phenoxy) is 4. The van der Waals surface area contributed by atoms with E-state index in [0.717, 1.165) is 0 Å². The molecule has 34 heavy (non-hydrogen) atoms. The molecule has 0 aliphatic carbocycles. The summed E-state index contributed by atoms with van der Waals surface area (Å²) in [4.78, 5) is -0.0391. The fourth-order valence-corrected chi connectivity index (χ4v) is 4.42. The minimum atomic E-state index is -4.06. The zero-order chi connectivity index (χ0) is 24.9. The minimum Gasteiger partial charge on any atom is -0.493 e. The van der Waals surface area contributed by atoms with Gasteiger partial charge in [-0.3, -0.25) is 4.72 Å². The van der Waals surface area contributed by atoms with Gasteiger partial charge in [-0.25, -0.2) is 12.8 Å². The van der Waals surface area contributed by atoms with Crippen molar-refractivity contribution in [2.24, 2.45) is 0 Å². The van der Waals surface area contributed by atoms with E-state index in [9.17, 15) is 12.8 Å². The van der Waals surface area contributed by atoms with Gasteiger partial charge in [0.2, 0.25) is 5.75 Å². The van der Waals surface area contributed by atoms with Gasteiger partial charge in [-0.2, -0.15) is 0 Å². The second kappa shape index (κ2) is 10.7. The van der Waals surface area contributed by atoms with Crippen LogP contribution in [0.5, 0.6) is 23.0 Å². The zero-order valence-corrected chi connectivity index (χ0v) is 20.5. The molecule has 0 unspecified atom stereocenters. The first-order chi connectivity index (χ1) is 16.2. The van der Waals surface area contributed by atoms with Crippen LogP contribution in [0, 0.1) is 5.82 Å². The molecule has 0 saturated carbocycles. The maximum atomic E-state index is 14.5. The highest BCUT2D eigenvalue weighted by Gasteiger charge is 2.21. The van der Waals surface area contributed by atoms with Gasteiger partial charge in [0.15, 0.2) is 23.1 Å². The third kappa shape index (κ3) is 5.37. The van der Waals surface area contributed by atoms with Crippen molar-refractivity contribution in [3.63, 3.8) is 0 Å². The molecule has 0 aliphatic heterocycles. The summed E-state index contributed by atoms with van der Waals surface area (Å²) < 4.78 is 64.0. The first-order valence-corrected chi connectivity index (χ1v) is 11.7. The number of methoxy groups -OCH3 is 4. The molecule has 0 heterocycles. The Morgan fingerprint density at radius 1 is 0.824 bits per heavy atom. The maximum absolute atomic E-state index is 14.5. The number of benzene rings is 3. The molecule has 0 saturated heterocycles. The van der Waals surface area contributed by atoms with Gasteiger partial charge >= 0.3 is 0 Å². The Hall–Kier alpha value is -3.43. The van der Waals surface area contributed by atoms with E-state index in [1.54, 1.807) is 24.3 Å². The topological polar surface area (TPSA) is 83.1 Å². The smallest absolute Gasteiger partial charge is 0.262 e. The van der Waals surface area contributed by atoms with Crippen molar-refractivity contribution in [1.82, 2.24) is 0 Å². The number of nitrogens with one attached hydrogen (secondary N) is 1. The summed E-state index contributed by atoms with van der Waals surface area (Å²) in [6.45, 7) is 0. The molecular formula is C24H23ClFNO6S. The summed E-state index contributed by atoms with van der Waals surface area (Å²) in [5, 5.41) is 0.385. The lowest BCUT2D eigenvalue weighted by atomic mass is 10.1. The molecule has 0 atom stereocenters. The molecule has 1 N–H and O–H groups in total. The number of hydrogen-bond acceptors (Lipinski definition) is 6. The predicted octanol–water partition coefficient (Wildman–Crippen LogP) is 5.48. The standard InChI is InChI=1S/C24H23ClFNO6S/c1-30-20-13-15(14-21(31-2)24(20)33-4)5-6-16-7-12-19(26)23(32-3)22(16)27-34(28,29)18-10-8-17(25)9-11-18/h5-14,27H,1-4H3/b6-5-. The Labute approximate surface area is 202 Å². The maximum Gasteiger partial charge on any atom is 0.262 e. The molecule has 0 fully saturated rings. The van der Waals surface area contributed by atoms with Gasteiger partial charge < -0.3 is 18.9 Å². The number of sulfonamides is 1. The average molecular weight is 508 g/mol. The molecule has 0 amide bonds. The molecule has 180 valence electrons. The van der Waals surface area contributed by atoms with Crippen LogP contribution in [0.3, 0.4) is 0 Å². The summed E-state index contributed by atoms with van der Waals surface area (Å²) in [5.41, 5.74) is 0.981. The van der Waals surface area contributed by atoms with Crippen molar-refractivity contribution in [3.8, 4) is 23.0 Å². The van der Waals surface area contributed by atoms with Crippen molar-refractivity contribution in [2.45, 2.75) is 4.90 Å². The van der Waals surface area contributed by atoms with Crippen molar-refractivity contribution in [3.05, 3.63) is 70.5 Å². The molecule has 0 spiro atoms. The monoisotopic (exact) mass is 507 g/mol. The van der Waals surface area contributed by atoms with E-state index in [0.29, 0.717) is 33.4 Å². The molecule has 7 nitrogen and oxygen atoms in total. The molecular weight excluding hydrogens is 485 g/mol. The Morgan fingerprint density at radius 2 is 1.41 bits per heavy atom. The van der Waals surface area contributed by atoms with Crippen molar-refractivity contribution in [2.75, 3.05) is 33.2 Å². The lowest BCUT2D eigenvalue weighted by Crippen LogP contribution is -2.15. The van der Waals surface area contributed by atoms with Crippen molar-refractivity contribution < 1.29 is 31.8 Å². The fourth-order valence-electron chi connectivity index (χ4n) is 3.21. The quantitative estimate of drug-likeness (QED) is 0.386. The first kappa shape index (κ1) is 25.2. The largest absolute Gasteiger partial charge is 0.493 e. The van der Waals surface area contributed by atoms with Crippen LogP contribution in [0.2, 0.25) is 5.02 Å². The molecule has 10 heteroatoms. The number of halogens is 2. The van der Waals surface area contributed by atoms with Crippen LogP contribution < -0.4 is 23.7 Å². The molecule has 0 radical (unpaired) electrons. The van der Waals surface area contributed by atoms with Crippen LogP contribution in [-0.2, 0) is 10.0 Å². The third-order valence-electron chi connectivity index (χ3n) is 4.85. The Bertz CT molecular complexity index is 1280. The van der Waals surface area contributed by atoms with Crippen molar-refractivity contribution in [1.29, 1.82) is 0 Å². The number of anilines is 1. The molecule has 3 aromatic rings. The normalized spacial score (nSPS) is 11.4. The van der Waals surface area contributed by atoms with Gasteiger partial charge in [-0.05, 0) is 54.1 Å². The molecule has 0 bridgehead atoms. The van der Waals surface area contributed by atoms with Crippen LogP contribution in [0.25, 0.3) is 12.2 Å². The molecule has 0 aliphatic rings. The summed E-state index contributed by atoms with van der Waals surface area (Å²) in [5.74, 6) is 0.358. The van der Waals surface area contributed by atoms with Crippen LogP contribution in [0.15, 0.2) is 53.4 Å². The summed E-state index contributed by atoms with van der Waals surface area (Å²) in [6, 6.07) is 11.7. The van der Waals surface area contributed by atoms with E-state index in [4.69, 9.17) is 30.5 Å². The average Bonchev–Trinajstić information content (AvgIpc) is 2.83. The number of rotatable bonds is 9. The van der Waals surface area contributed by atoms with Crippen LogP contribution >= 0.6 is 11.6 Å². The second-order valence-electron chi connectivity index (χ2n) is 6.90. The fraction of sp³-hybridized carbons (Fsp3) is 0.167. The van der Waals surface area contributed by atoms with Crippen LogP contribution in [0.1, 0.15) is 11.1 Å². The van der Waals surface area contributed by atoms with Crippen LogP contribution in [0.4, 0.5) is 10.1 Å². The van der Waals surface area contributed by atoms with Gasteiger partial charge in [-0.15, -0.1) is 0 Å². The second-order valence-corrected chi connectivity index (χ2v) is 9.02. The molecule has 3 rings (SSSR count). The predicted molar refractivity (Wildman–Crippen MR) is 130 cm³/mol. The Kier molecular flexibility index (Phi) is 7.90. The lowest BCUT2D eigenvalue weighted by molar-refractivity contribution is 0.324. The first-order valence-electron chi connectivity index (χ1n) is 9.87.